The molecule has 5 nitrogen and oxygen atoms in total. The molecular formula is C12H18N2O3. The van der Waals surface area contributed by atoms with E-state index in [9.17, 15) is 4.79 Å². The summed E-state index contributed by atoms with van der Waals surface area (Å²) in [6.07, 6.45) is 3.33. The molecule has 0 aromatic carbocycles. The predicted octanol–water partition coefficient (Wildman–Crippen LogP) is 1.77. The van der Waals surface area contributed by atoms with E-state index in [1.54, 1.807) is 0 Å². The zero-order chi connectivity index (χ0) is 12.4. The Kier molecular flexibility index (Phi) is 3.47. The molecule has 94 valence electrons. The van der Waals surface area contributed by atoms with E-state index in [1.807, 2.05) is 6.92 Å². The highest BCUT2D eigenvalue weighted by molar-refractivity contribution is 5.68. The molecule has 0 spiro atoms. The van der Waals surface area contributed by atoms with Crippen LogP contribution in [0.25, 0.3) is 0 Å². The molecule has 1 unspecified atom stereocenters. The van der Waals surface area contributed by atoms with Gasteiger partial charge in [0.15, 0.2) is 0 Å². The van der Waals surface area contributed by atoms with Crippen LogP contribution in [-0.2, 0) is 11.2 Å². The highest BCUT2D eigenvalue weighted by Gasteiger charge is 2.26. The maximum atomic E-state index is 10.6. The second-order valence-electron chi connectivity index (χ2n) is 4.61. The van der Waals surface area contributed by atoms with Crippen molar-refractivity contribution in [3.8, 4) is 0 Å². The van der Waals surface area contributed by atoms with E-state index in [1.165, 1.54) is 12.8 Å². The minimum atomic E-state index is -0.908. The van der Waals surface area contributed by atoms with Gasteiger partial charge in [0.05, 0.1) is 11.7 Å². The molecule has 1 aliphatic rings. The van der Waals surface area contributed by atoms with Crippen molar-refractivity contribution in [2.75, 3.05) is 13.6 Å². The molecule has 0 radical (unpaired) electrons. The van der Waals surface area contributed by atoms with Crippen LogP contribution >= 0.6 is 0 Å². The number of rotatable bonds is 3. The van der Waals surface area contributed by atoms with E-state index < -0.39 is 5.97 Å². The van der Waals surface area contributed by atoms with E-state index in [2.05, 4.69) is 16.9 Å². The van der Waals surface area contributed by atoms with Crippen LogP contribution in [-0.4, -0.2) is 34.6 Å². The van der Waals surface area contributed by atoms with Crippen molar-refractivity contribution in [2.45, 2.75) is 38.6 Å². The monoisotopic (exact) mass is 238 g/mol. The minimum Gasteiger partial charge on any atom is -0.481 e. The van der Waals surface area contributed by atoms with E-state index in [4.69, 9.17) is 9.52 Å². The fourth-order valence-corrected chi connectivity index (χ4v) is 2.40. The molecule has 1 atom stereocenters. The van der Waals surface area contributed by atoms with E-state index in [0.717, 1.165) is 24.4 Å². The average Bonchev–Trinajstić information content (AvgIpc) is 2.59. The topological polar surface area (TPSA) is 66.6 Å². The van der Waals surface area contributed by atoms with Crippen LogP contribution in [0, 0.1) is 6.92 Å². The maximum Gasteiger partial charge on any atom is 0.312 e. The normalized spacial score (nSPS) is 21.6. The zero-order valence-corrected chi connectivity index (χ0v) is 10.3. The van der Waals surface area contributed by atoms with Gasteiger partial charge < -0.3 is 9.52 Å². The Hall–Kier alpha value is -1.36. The summed E-state index contributed by atoms with van der Waals surface area (Å²) >= 11 is 0. The predicted molar refractivity (Wildman–Crippen MR) is 61.8 cm³/mol. The molecule has 17 heavy (non-hydrogen) atoms. The number of carboxylic acid groups (broad SMARTS) is 1. The van der Waals surface area contributed by atoms with Gasteiger partial charge in [-0.15, -0.1) is 0 Å². The minimum absolute atomic E-state index is 0.142. The van der Waals surface area contributed by atoms with Gasteiger partial charge in [0.1, 0.15) is 12.2 Å². The average molecular weight is 238 g/mol. The summed E-state index contributed by atoms with van der Waals surface area (Å²) in [6.45, 7) is 2.92. The molecule has 0 amide bonds. The number of hydrogen-bond donors (Lipinski definition) is 1. The van der Waals surface area contributed by atoms with Gasteiger partial charge in [-0.1, -0.05) is 6.42 Å². The number of hydrogen-bond acceptors (Lipinski definition) is 4. The fraction of sp³-hybridized carbons (Fsp3) is 0.667. The molecule has 2 rings (SSSR count). The Morgan fingerprint density at radius 3 is 3.00 bits per heavy atom. The lowest BCUT2D eigenvalue weighted by atomic mass is 9.99. The zero-order valence-electron chi connectivity index (χ0n) is 10.3. The number of aryl methyl sites for hydroxylation is 1. The summed E-state index contributed by atoms with van der Waals surface area (Å²) in [6, 6.07) is 0.273. The Balaban J connectivity index is 2.19. The van der Waals surface area contributed by atoms with Crippen molar-refractivity contribution in [1.29, 1.82) is 0 Å². The summed E-state index contributed by atoms with van der Waals surface area (Å²) in [4.78, 5) is 17.2. The SMILES string of the molecule is Cc1oc(CC(=O)O)nc1C1CCCCN1C. The summed E-state index contributed by atoms with van der Waals surface area (Å²) in [7, 11) is 2.08. The molecule has 0 aliphatic carbocycles. The van der Waals surface area contributed by atoms with Crippen LogP contribution in [0.2, 0.25) is 0 Å². The largest absolute Gasteiger partial charge is 0.481 e. The van der Waals surface area contributed by atoms with Gasteiger partial charge in [0.25, 0.3) is 0 Å². The first-order chi connectivity index (χ1) is 8.08. The number of piperidine rings is 1. The number of carboxylic acids is 1. The summed E-state index contributed by atoms with van der Waals surface area (Å²) < 4.78 is 5.41. The number of nitrogens with zero attached hydrogens (tertiary/aromatic N) is 2. The van der Waals surface area contributed by atoms with Crippen LogP contribution in [0.15, 0.2) is 4.42 Å². The van der Waals surface area contributed by atoms with Crippen molar-refractivity contribution in [3.63, 3.8) is 0 Å². The van der Waals surface area contributed by atoms with Crippen LogP contribution in [0.4, 0.5) is 0 Å². The highest BCUT2D eigenvalue weighted by atomic mass is 16.4. The van der Waals surface area contributed by atoms with Crippen molar-refractivity contribution in [1.82, 2.24) is 9.88 Å². The van der Waals surface area contributed by atoms with E-state index in [0.29, 0.717) is 5.89 Å². The van der Waals surface area contributed by atoms with Crippen LogP contribution < -0.4 is 0 Å². The number of carbonyl (C=O) groups is 1. The van der Waals surface area contributed by atoms with E-state index in [-0.39, 0.29) is 12.5 Å². The Morgan fingerprint density at radius 1 is 1.59 bits per heavy atom. The molecular weight excluding hydrogens is 220 g/mol. The first-order valence-corrected chi connectivity index (χ1v) is 5.96. The number of aliphatic carboxylic acids is 1. The first-order valence-electron chi connectivity index (χ1n) is 5.96. The van der Waals surface area contributed by atoms with Gasteiger partial charge >= 0.3 is 5.97 Å². The number of aromatic nitrogens is 1. The van der Waals surface area contributed by atoms with Gasteiger partial charge in [-0.05, 0) is 33.4 Å². The lowest BCUT2D eigenvalue weighted by Gasteiger charge is -2.31. The van der Waals surface area contributed by atoms with Crippen molar-refractivity contribution in [3.05, 3.63) is 17.3 Å². The van der Waals surface area contributed by atoms with Gasteiger partial charge in [-0.3, -0.25) is 9.69 Å². The van der Waals surface area contributed by atoms with Crippen LogP contribution in [0.1, 0.15) is 42.6 Å². The molecule has 1 saturated heterocycles. The molecule has 1 fully saturated rings. The third kappa shape index (κ3) is 2.66. The van der Waals surface area contributed by atoms with Crippen LogP contribution in [0.3, 0.4) is 0 Å². The smallest absolute Gasteiger partial charge is 0.312 e. The fourth-order valence-electron chi connectivity index (χ4n) is 2.40. The molecule has 1 aliphatic heterocycles. The maximum absolute atomic E-state index is 10.6. The number of oxazole rings is 1. The van der Waals surface area contributed by atoms with Gasteiger partial charge in [-0.25, -0.2) is 4.98 Å². The second kappa shape index (κ2) is 4.87. The highest BCUT2D eigenvalue weighted by Crippen LogP contribution is 2.31. The standard InChI is InChI=1S/C12H18N2O3/c1-8-12(9-5-3-4-6-14(9)2)13-10(17-8)7-11(15)16/h9H,3-7H2,1-2H3,(H,15,16). The third-order valence-corrected chi connectivity index (χ3v) is 3.27. The molecule has 1 aromatic rings. The van der Waals surface area contributed by atoms with Gasteiger partial charge in [0, 0.05) is 0 Å². The molecule has 2 heterocycles. The molecule has 0 saturated carbocycles. The number of likely N-dealkylation sites (tertiary alicyclic amines) is 1. The van der Waals surface area contributed by atoms with Gasteiger partial charge in [0.2, 0.25) is 5.89 Å². The van der Waals surface area contributed by atoms with Crippen LogP contribution in [0.5, 0.6) is 0 Å². The lowest BCUT2D eigenvalue weighted by Crippen LogP contribution is -2.30. The summed E-state index contributed by atoms with van der Waals surface area (Å²) in [5, 5.41) is 8.72. The molecule has 1 N–H and O–H groups in total. The lowest BCUT2D eigenvalue weighted by molar-refractivity contribution is -0.136. The van der Waals surface area contributed by atoms with Crippen molar-refractivity contribution in [2.24, 2.45) is 0 Å². The first kappa shape index (κ1) is 12.1. The molecule has 1 aromatic heterocycles. The van der Waals surface area contributed by atoms with Gasteiger partial charge in [-0.2, -0.15) is 0 Å². The second-order valence-corrected chi connectivity index (χ2v) is 4.61. The Morgan fingerprint density at radius 2 is 2.35 bits per heavy atom. The Bertz CT molecular complexity index is 414. The third-order valence-electron chi connectivity index (χ3n) is 3.27. The molecule has 0 bridgehead atoms. The summed E-state index contributed by atoms with van der Waals surface area (Å²) in [5.74, 6) is 0.152. The summed E-state index contributed by atoms with van der Waals surface area (Å²) in [5.41, 5.74) is 0.906. The quantitative estimate of drug-likeness (QED) is 0.869. The van der Waals surface area contributed by atoms with Crippen molar-refractivity contribution >= 4 is 5.97 Å². The Labute approximate surface area is 100 Å². The van der Waals surface area contributed by atoms with E-state index >= 15 is 0 Å². The molecule has 5 heteroatoms. The van der Waals surface area contributed by atoms with Crippen molar-refractivity contribution < 1.29 is 14.3 Å².